The van der Waals surface area contributed by atoms with Gasteiger partial charge in [0.15, 0.2) is 0 Å². The van der Waals surface area contributed by atoms with E-state index in [9.17, 15) is 0 Å². The minimum absolute atomic E-state index is 0.532. The number of hydrogen-bond donors (Lipinski definition) is 1. The highest BCUT2D eigenvalue weighted by molar-refractivity contribution is 9.10. The van der Waals surface area contributed by atoms with Gasteiger partial charge in [0.1, 0.15) is 11.5 Å². The third kappa shape index (κ3) is 2.94. The maximum absolute atomic E-state index is 5.77. The van der Waals surface area contributed by atoms with Gasteiger partial charge in [-0.25, -0.2) is 0 Å². The van der Waals surface area contributed by atoms with Crippen LogP contribution >= 0.6 is 15.9 Å². The molecule has 0 fully saturated rings. The molecule has 0 bridgehead atoms. The minimum atomic E-state index is 0.532. The van der Waals surface area contributed by atoms with Gasteiger partial charge >= 0.3 is 0 Å². The molecule has 0 aliphatic rings. The van der Waals surface area contributed by atoms with Gasteiger partial charge in [-0.1, -0.05) is 22.0 Å². The number of furan rings is 1. The first-order valence-corrected chi connectivity index (χ1v) is 6.64. The highest BCUT2D eigenvalue weighted by Gasteiger charge is 2.09. The Bertz CT molecular complexity index is 536. The van der Waals surface area contributed by atoms with Crippen molar-refractivity contribution in [3.8, 4) is 0 Å². The Labute approximate surface area is 116 Å². The Hall–Kier alpha value is -1.26. The average molecular weight is 309 g/mol. The summed E-state index contributed by atoms with van der Waals surface area (Å²) in [6, 6.07) is 10.1. The zero-order valence-electron chi connectivity index (χ0n) is 10.6. The predicted molar refractivity (Wildman–Crippen MR) is 77.6 cm³/mol. The monoisotopic (exact) mass is 308 g/mol. The highest BCUT2D eigenvalue weighted by Crippen LogP contribution is 2.25. The van der Waals surface area contributed by atoms with Crippen LogP contribution in [0.2, 0.25) is 0 Å². The summed E-state index contributed by atoms with van der Waals surface area (Å²) < 4.78 is 6.65. The van der Waals surface area contributed by atoms with Gasteiger partial charge in [0.25, 0.3) is 0 Å². The second-order valence-electron chi connectivity index (χ2n) is 4.35. The van der Waals surface area contributed by atoms with Crippen molar-refractivity contribution < 1.29 is 4.42 Å². The molecule has 0 amide bonds. The number of rotatable bonds is 4. The zero-order chi connectivity index (χ0) is 13.1. The number of nitrogens with zero attached hydrogens (tertiary/aromatic N) is 1. The zero-order valence-corrected chi connectivity index (χ0v) is 12.2. The Morgan fingerprint density at radius 1 is 1.28 bits per heavy atom. The largest absolute Gasteiger partial charge is 0.464 e. The molecule has 96 valence electrons. The van der Waals surface area contributed by atoms with Crippen LogP contribution in [-0.4, -0.2) is 7.05 Å². The molecule has 18 heavy (non-hydrogen) atoms. The first kappa shape index (κ1) is 13.2. The Morgan fingerprint density at radius 2 is 2.06 bits per heavy atom. The fourth-order valence-corrected chi connectivity index (χ4v) is 2.30. The molecule has 0 atom stereocenters. The van der Waals surface area contributed by atoms with E-state index >= 15 is 0 Å². The van der Waals surface area contributed by atoms with E-state index in [1.165, 1.54) is 0 Å². The SMILES string of the molecule is Cc1ccc(CN(C)c2cc(Br)ccc2CN)o1. The topological polar surface area (TPSA) is 42.4 Å². The Balaban J connectivity index is 2.22. The third-order valence-electron chi connectivity index (χ3n) is 2.87. The molecular weight excluding hydrogens is 292 g/mol. The summed E-state index contributed by atoms with van der Waals surface area (Å²) in [6.07, 6.45) is 0. The molecule has 0 saturated heterocycles. The van der Waals surface area contributed by atoms with Gasteiger partial charge in [0.2, 0.25) is 0 Å². The molecule has 0 spiro atoms. The summed E-state index contributed by atoms with van der Waals surface area (Å²) in [6.45, 7) is 3.22. The first-order valence-electron chi connectivity index (χ1n) is 5.85. The number of aryl methyl sites for hydroxylation is 1. The molecule has 1 aromatic carbocycles. The van der Waals surface area contributed by atoms with Gasteiger partial charge in [-0.3, -0.25) is 0 Å². The van der Waals surface area contributed by atoms with Crippen LogP contribution in [0.25, 0.3) is 0 Å². The van der Waals surface area contributed by atoms with E-state index in [2.05, 4.69) is 26.9 Å². The summed E-state index contributed by atoms with van der Waals surface area (Å²) in [5.41, 5.74) is 8.03. The van der Waals surface area contributed by atoms with Crippen molar-refractivity contribution in [1.29, 1.82) is 0 Å². The summed E-state index contributed by atoms with van der Waals surface area (Å²) in [4.78, 5) is 2.14. The van der Waals surface area contributed by atoms with E-state index in [0.29, 0.717) is 6.54 Å². The van der Waals surface area contributed by atoms with Crippen LogP contribution in [0.15, 0.2) is 39.2 Å². The smallest absolute Gasteiger partial charge is 0.123 e. The van der Waals surface area contributed by atoms with Crippen LogP contribution in [0, 0.1) is 6.92 Å². The van der Waals surface area contributed by atoms with Crippen molar-refractivity contribution in [3.63, 3.8) is 0 Å². The minimum Gasteiger partial charge on any atom is -0.464 e. The van der Waals surface area contributed by atoms with E-state index in [4.69, 9.17) is 10.2 Å². The fourth-order valence-electron chi connectivity index (χ4n) is 1.95. The van der Waals surface area contributed by atoms with Crippen LogP contribution in [0.1, 0.15) is 17.1 Å². The Morgan fingerprint density at radius 3 is 2.67 bits per heavy atom. The number of anilines is 1. The van der Waals surface area contributed by atoms with Crippen molar-refractivity contribution in [3.05, 3.63) is 51.9 Å². The summed E-state index contributed by atoms with van der Waals surface area (Å²) >= 11 is 3.49. The van der Waals surface area contributed by atoms with Crippen molar-refractivity contribution in [2.45, 2.75) is 20.0 Å². The number of halogens is 1. The predicted octanol–water partition coefficient (Wildman–Crippen LogP) is 3.45. The molecule has 0 aliphatic heterocycles. The normalized spacial score (nSPS) is 10.7. The van der Waals surface area contributed by atoms with E-state index in [0.717, 1.165) is 33.8 Å². The first-order chi connectivity index (χ1) is 8.60. The van der Waals surface area contributed by atoms with E-state index in [-0.39, 0.29) is 0 Å². The lowest BCUT2D eigenvalue weighted by Crippen LogP contribution is -2.18. The molecule has 3 nitrogen and oxygen atoms in total. The number of benzene rings is 1. The quantitative estimate of drug-likeness (QED) is 0.940. The molecule has 2 N–H and O–H groups in total. The van der Waals surface area contributed by atoms with Crippen molar-refractivity contribution >= 4 is 21.6 Å². The summed E-state index contributed by atoms with van der Waals surface area (Å²) in [5, 5.41) is 0. The highest BCUT2D eigenvalue weighted by atomic mass is 79.9. The van der Waals surface area contributed by atoms with Crippen molar-refractivity contribution in [2.75, 3.05) is 11.9 Å². The maximum atomic E-state index is 5.77. The molecule has 0 radical (unpaired) electrons. The average Bonchev–Trinajstić information content (AvgIpc) is 2.74. The molecule has 4 heteroatoms. The van der Waals surface area contributed by atoms with Gasteiger partial charge in [0.05, 0.1) is 6.54 Å². The van der Waals surface area contributed by atoms with Crippen LogP contribution < -0.4 is 10.6 Å². The molecule has 0 saturated carbocycles. The third-order valence-corrected chi connectivity index (χ3v) is 3.36. The van der Waals surface area contributed by atoms with E-state index in [1.807, 2.05) is 38.2 Å². The van der Waals surface area contributed by atoms with Crippen molar-refractivity contribution in [1.82, 2.24) is 0 Å². The molecular formula is C14H17BrN2O. The number of hydrogen-bond acceptors (Lipinski definition) is 3. The van der Waals surface area contributed by atoms with E-state index < -0.39 is 0 Å². The van der Waals surface area contributed by atoms with Crippen LogP contribution in [0.3, 0.4) is 0 Å². The van der Waals surface area contributed by atoms with Crippen LogP contribution in [0.4, 0.5) is 5.69 Å². The van der Waals surface area contributed by atoms with E-state index in [1.54, 1.807) is 0 Å². The summed E-state index contributed by atoms with van der Waals surface area (Å²) in [7, 11) is 2.04. The van der Waals surface area contributed by atoms with Gasteiger partial charge in [-0.05, 0) is 36.8 Å². The maximum Gasteiger partial charge on any atom is 0.123 e. The van der Waals surface area contributed by atoms with Gasteiger partial charge < -0.3 is 15.1 Å². The second kappa shape index (κ2) is 5.59. The lowest BCUT2D eigenvalue weighted by molar-refractivity contribution is 0.481. The Kier molecular flexibility index (Phi) is 4.09. The summed E-state index contributed by atoms with van der Waals surface area (Å²) in [5.74, 6) is 1.89. The molecule has 0 unspecified atom stereocenters. The molecule has 2 rings (SSSR count). The molecule has 1 aromatic heterocycles. The standard InChI is InChI=1S/C14H17BrN2O/c1-10-3-6-13(18-10)9-17(2)14-7-12(15)5-4-11(14)8-16/h3-7H,8-9,16H2,1-2H3. The van der Waals surface area contributed by atoms with Gasteiger partial charge in [-0.15, -0.1) is 0 Å². The second-order valence-corrected chi connectivity index (χ2v) is 5.26. The molecule has 1 heterocycles. The lowest BCUT2D eigenvalue weighted by atomic mass is 10.1. The molecule has 2 aromatic rings. The molecule has 0 aliphatic carbocycles. The van der Waals surface area contributed by atoms with Crippen LogP contribution in [-0.2, 0) is 13.1 Å². The van der Waals surface area contributed by atoms with Gasteiger partial charge in [0, 0.05) is 23.8 Å². The number of nitrogens with two attached hydrogens (primary N) is 1. The van der Waals surface area contributed by atoms with Crippen LogP contribution in [0.5, 0.6) is 0 Å². The van der Waals surface area contributed by atoms with Gasteiger partial charge in [-0.2, -0.15) is 0 Å². The fraction of sp³-hybridized carbons (Fsp3) is 0.286. The lowest BCUT2D eigenvalue weighted by Gasteiger charge is -2.21. The van der Waals surface area contributed by atoms with Crippen molar-refractivity contribution in [2.24, 2.45) is 5.73 Å².